The van der Waals surface area contributed by atoms with Crippen LogP contribution in [0.1, 0.15) is 10.5 Å². The lowest BCUT2D eigenvalue weighted by Gasteiger charge is -2.10. The molecule has 0 unspecified atom stereocenters. The van der Waals surface area contributed by atoms with Gasteiger partial charge < -0.3 is 15.4 Å². The van der Waals surface area contributed by atoms with Crippen LogP contribution in [0.5, 0.6) is 5.75 Å². The maximum atomic E-state index is 12.4. The predicted octanol–water partition coefficient (Wildman–Crippen LogP) is 5.39. The van der Waals surface area contributed by atoms with Crippen LogP contribution in [0.4, 0.5) is 17.1 Å². The monoisotopic (exact) mass is 387 g/mol. The van der Waals surface area contributed by atoms with Crippen LogP contribution >= 0.6 is 23.2 Å². The van der Waals surface area contributed by atoms with Crippen molar-refractivity contribution in [1.29, 1.82) is 0 Å². The van der Waals surface area contributed by atoms with Gasteiger partial charge in [0.05, 0.1) is 22.8 Å². The van der Waals surface area contributed by atoms with Gasteiger partial charge in [-0.1, -0.05) is 29.3 Å². The van der Waals surface area contributed by atoms with Crippen LogP contribution in [-0.2, 0) is 0 Å². The van der Waals surface area contributed by atoms with E-state index >= 15 is 0 Å². The Bertz CT molecular complexity index is 930. The predicted molar refractivity (Wildman–Crippen MR) is 105 cm³/mol. The Morgan fingerprint density at radius 3 is 2.54 bits per heavy atom. The van der Waals surface area contributed by atoms with Gasteiger partial charge in [-0.05, 0) is 48.5 Å². The first-order valence-corrected chi connectivity index (χ1v) is 8.45. The average molecular weight is 388 g/mol. The highest BCUT2D eigenvalue weighted by molar-refractivity contribution is 6.44. The van der Waals surface area contributed by atoms with Crippen molar-refractivity contribution in [1.82, 2.24) is 4.98 Å². The fraction of sp³-hybridized carbons (Fsp3) is 0.0526. The second-order valence-corrected chi connectivity index (χ2v) is 6.12. The van der Waals surface area contributed by atoms with E-state index in [9.17, 15) is 4.79 Å². The highest BCUT2D eigenvalue weighted by Crippen LogP contribution is 2.30. The van der Waals surface area contributed by atoms with Crippen molar-refractivity contribution in [2.24, 2.45) is 0 Å². The van der Waals surface area contributed by atoms with Gasteiger partial charge in [0.1, 0.15) is 11.4 Å². The fourth-order valence-electron chi connectivity index (χ4n) is 2.26. The number of methoxy groups -OCH3 is 1. The molecule has 0 fully saturated rings. The minimum absolute atomic E-state index is 0.250. The Morgan fingerprint density at radius 1 is 1.04 bits per heavy atom. The number of halogens is 2. The second kappa shape index (κ2) is 8.08. The molecule has 3 aromatic rings. The molecule has 1 heterocycles. The van der Waals surface area contributed by atoms with E-state index in [-0.39, 0.29) is 16.6 Å². The molecule has 0 bridgehead atoms. The van der Waals surface area contributed by atoms with E-state index in [2.05, 4.69) is 15.6 Å². The van der Waals surface area contributed by atoms with Crippen molar-refractivity contribution in [2.75, 3.05) is 17.7 Å². The molecule has 1 amide bonds. The number of carbonyl (C=O) groups excluding carboxylic acids is 1. The van der Waals surface area contributed by atoms with Gasteiger partial charge in [0.15, 0.2) is 0 Å². The quantitative estimate of drug-likeness (QED) is 0.615. The molecule has 26 heavy (non-hydrogen) atoms. The minimum Gasteiger partial charge on any atom is -0.497 e. The zero-order valence-corrected chi connectivity index (χ0v) is 15.3. The average Bonchev–Trinajstić information content (AvgIpc) is 2.66. The summed E-state index contributed by atoms with van der Waals surface area (Å²) < 4.78 is 5.13. The fourth-order valence-corrected chi connectivity index (χ4v) is 2.61. The van der Waals surface area contributed by atoms with Crippen LogP contribution in [0, 0.1) is 0 Å². The maximum absolute atomic E-state index is 12.4. The molecule has 7 heteroatoms. The molecular weight excluding hydrogens is 373 g/mol. The van der Waals surface area contributed by atoms with E-state index < -0.39 is 0 Å². The van der Waals surface area contributed by atoms with Crippen molar-refractivity contribution in [3.05, 3.63) is 76.5 Å². The van der Waals surface area contributed by atoms with E-state index in [1.54, 1.807) is 43.6 Å². The molecule has 2 aromatic carbocycles. The van der Waals surface area contributed by atoms with Gasteiger partial charge in [-0.3, -0.25) is 9.78 Å². The number of rotatable bonds is 5. The van der Waals surface area contributed by atoms with Crippen LogP contribution in [-0.4, -0.2) is 18.0 Å². The number of nitrogens with one attached hydrogen (secondary N) is 2. The van der Waals surface area contributed by atoms with Crippen LogP contribution in [0.25, 0.3) is 0 Å². The molecule has 0 atom stereocenters. The van der Waals surface area contributed by atoms with Gasteiger partial charge in [0.2, 0.25) is 0 Å². The Morgan fingerprint density at radius 2 is 1.81 bits per heavy atom. The van der Waals surface area contributed by atoms with Crippen LogP contribution < -0.4 is 15.4 Å². The SMILES string of the molecule is COc1ccc(Nc2ccnc(C(=O)Nc3cccc(Cl)c3Cl)c2)cc1. The molecule has 3 rings (SSSR count). The number of hydrogen-bond acceptors (Lipinski definition) is 4. The van der Waals surface area contributed by atoms with Crippen LogP contribution in [0.15, 0.2) is 60.8 Å². The summed E-state index contributed by atoms with van der Waals surface area (Å²) in [6.45, 7) is 0. The number of hydrogen-bond donors (Lipinski definition) is 2. The number of amides is 1. The topological polar surface area (TPSA) is 63.2 Å². The van der Waals surface area contributed by atoms with E-state index in [1.807, 2.05) is 24.3 Å². The van der Waals surface area contributed by atoms with Gasteiger partial charge >= 0.3 is 0 Å². The minimum atomic E-state index is -0.382. The zero-order chi connectivity index (χ0) is 18.5. The molecule has 0 aliphatic carbocycles. The van der Waals surface area contributed by atoms with Crippen molar-refractivity contribution in [2.45, 2.75) is 0 Å². The van der Waals surface area contributed by atoms with Crippen molar-refractivity contribution < 1.29 is 9.53 Å². The number of benzene rings is 2. The van der Waals surface area contributed by atoms with E-state index in [1.165, 1.54) is 0 Å². The van der Waals surface area contributed by atoms with Gasteiger partial charge in [-0.2, -0.15) is 0 Å². The molecule has 0 aliphatic rings. The number of aromatic nitrogens is 1. The standard InChI is InChI=1S/C19H15Cl2N3O2/c1-26-14-7-5-12(6-8-14)23-13-9-10-22-17(11-13)19(25)24-16-4-2-3-15(20)18(16)21/h2-11H,1H3,(H,22,23)(H,24,25). The van der Waals surface area contributed by atoms with Gasteiger partial charge in [-0.15, -0.1) is 0 Å². The maximum Gasteiger partial charge on any atom is 0.274 e. The summed E-state index contributed by atoms with van der Waals surface area (Å²) >= 11 is 12.1. The van der Waals surface area contributed by atoms with E-state index in [0.29, 0.717) is 10.7 Å². The first kappa shape index (κ1) is 18.0. The summed E-state index contributed by atoms with van der Waals surface area (Å²) in [5, 5.41) is 6.58. The lowest BCUT2D eigenvalue weighted by Crippen LogP contribution is -2.14. The highest BCUT2D eigenvalue weighted by atomic mass is 35.5. The molecule has 132 valence electrons. The molecule has 0 aliphatic heterocycles. The molecule has 0 saturated heterocycles. The summed E-state index contributed by atoms with van der Waals surface area (Å²) in [4.78, 5) is 16.6. The Hall–Kier alpha value is -2.76. The normalized spacial score (nSPS) is 10.3. The van der Waals surface area contributed by atoms with Crippen LogP contribution in [0.3, 0.4) is 0 Å². The van der Waals surface area contributed by atoms with Gasteiger partial charge in [-0.25, -0.2) is 0 Å². The summed E-state index contributed by atoms with van der Waals surface area (Å²) in [5.41, 5.74) is 2.27. The van der Waals surface area contributed by atoms with Crippen molar-refractivity contribution in [3.63, 3.8) is 0 Å². The summed E-state index contributed by atoms with van der Waals surface area (Å²) in [6.07, 6.45) is 1.56. The Balaban J connectivity index is 1.75. The highest BCUT2D eigenvalue weighted by Gasteiger charge is 2.12. The third kappa shape index (κ3) is 4.25. The third-order valence-electron chi connectivity index (χ3n) is 3.57. The number of ether oxygens (including phenoxy) is 1. The first-order valence-electron chi connectivity index (χ1n) is 7.69. The van der Waals surface area contributed by atoms with Crippen molar-refractivity contribution >= 4 is 46.2 Å². The second-order valence-electron chi connectivity index (χ2n) is 5.34. The first-order chi connectivity index (χ1) is 12.6. The summed E-state index contributed by atoms with van der Waals surface area (Å²) in [5.74, 6) is 0.385. The Kier molecular flexibility index (Phi) is 5.61. The molecule has 0 radical (unpaired) electrons. The summed E-state index contributed by atoms with van der Waals surface area (Å²) in [7, 11) is 1.61. The smallest absolute Gasteiger partial charge is 0.274 e. The number of pyridine rings is 1. The number of anilines is 3. The number of carbonyl (C=O) groups is 1. The lowest BCUT2D eigenvalue weighted by molar-refractivity contribution is 0.102. The lowest BCUT2D eigenvalue weighted by atomic mass is 10.2. The van der Waals surface area contributed by atoms with Crippen LogP contribution in [0.2, 0.25) is 10.0 Å². The van der Waals surface area contributed by atoms with E-state index in [4.69, 9.17) is 27.9 Å². The number of nitrogens with zero attached hydrogens (tertiary/aromatic N) is 1. The van der Waals surface area contributed by atoms with Gasteiger partial charge in [0, 0.05) is 17.6 Å². The molecule has 0 saturated carbocycles. The molecular formula is C19H15Cl2N3O2. The summed E-state index contributed by atoms with van der Waals surface area (Å²) in [6, 6.07) is 15.9. The molecule has 2 N–H and O–H groups in total. The largest absolute Gasteiger partial charge is 0.497 e. The Labute approximate surface area is 160 Å². The molecule has 5 nitrogen and oxygen atoms in total. The molecule has 0 spiro atoms. The molecule has 1 aromatic heterocycles. The van der Waals surface area contributed by atoms with Crippen molar-refractivity contribution in [3.8, 4) is 5.75 Å². The van der Waals surface area contributed by atoms with Gasteiger partial charge in [0.25, 0.3) is 5.91 Å². The van der Waals surface area contributed by atoms with E-state index in [0.717, 1.165) is 17.1 Å². The zero-order valence-electron chi connectivity index (χ0n) is 13.8. The third-order valence-corrected chi connectivity index (χ3v) is 4.39.